The van der Waals surface area contributed by atoms with E-state index < -0.39 is 0 Å². The number of benzene rings is 2. The first kappa shape index (κ1) is 16.7. The van der Waals surface area contributed by atoms with E-state index in [0.29, 0.717) is 16.3 Å². The number of carbonyl (C=O) groups is 1. The first-order chi connectivity index (χ1) is 11.6. The van der Waals surface area contributed by atoms with E-state index in [1.54, 1.807) is 32.4 Å². The van der Waals surface area contributed by atoms with E-state index >= 15 is 0 Å². The minimum atomic E-state index is -0.131. The van der Waals surface area contributed by atoms with Crippen LogP contribution in [0.2, 0.25) is 5.02 Å². The van der Waals surface area contributed by atoms with Crippen molar-refractivity contribution in [2.45, 2.75) is 25.3 Å². The topological polar surface area (TPSA) is 47.6 Å². The van der Waals surface area contributed by atoms with Crippen molar-refractivity contribution in [1.82, 2.24) is 5.32 Å². The Kier molecular flexibility index (Phi) is 4.95. The average Bonchev–Trinajstić information content (AvgIpc) is 2.61. The van der Waals surface area contributed by atoms with Gasteiger partial charge in [0.15, 0.2) is 0 Å². The second kappa shape index (κ2) is 7.14. The summed E-state index contributed by atoms with van der Waals surface area (Å²) in [5.41, 5.74) is 2.93. The zero-order valence-electron chi connectivity index (χ0n) is 13.8. The van der Waals surface area contributed by atoms with Crippen molar-refractivity contribution >= 4 is 17.5 Å². The Morgan fingerprint density at radius 2 is 2.00 bits per heavy atom. The van der Waals surface area contributed by atoms with Crippen molar-refractivity contribution in [3.8, 4) is 11.5 Å². The molecule has 2 aromatic rings. The first-order valence-electron chi connectivity index (χ1n) is 7.93. The molecule has 0 radical (unpaired) electrons. The predicted octanol–water partition coefficient (Wildman–Crippen LogP) is 4.16. The number of hydrogen-bond acceptors (Lipinski definition) is 3. The van der Waals surface area contributed by atoms with Gasteiger partial charge in [0, 0.05) is 5.56 Å². The number of rotatable bonds is 4. The molecule has 0 bridgehead atoms. The van der Waals surface area contributed by atoms with Crippen LogP contribution in [0.1, 0.15) is 40.4 Å². The van der Waals surface area contributed by atoms with Crippen LogP contribution in [0.15, 0.2) is 36.4 Å². The second-order valence-electron chi connectivity index (χ2n) is 5.83. The summed E-state index contributed by atoms with van der Waals surface area (Å²) in [5, 5.41) is 3.54. The van der Waals surface area contributed by atoms with E-state index in [4.69, 9.17) is 21.1 Å². The molecular weight excluding hydrogens is 326 g/mol. The Bertz CT molecular complexity index is 760. The number of nitrogens with one attached hydrogen (secondary N) is 1. The Morgan fingerprint density at radius 3 is 2.71 bits per heavy atom. The van der Waals surface area contributed by atoms with Crippen molar-refractivity contribution in [2.75, 3.05) is 14.2 Å². The van der Waals surface area contributed by atoms with Crippen LogP contribution in [0.25, 0.3) is 0 Å². The molecule has 3 rings (SSSR count). The lowest BCUT2D eigenvalue weighted by Crippen LogP contribution is -2.31. The van der Waals surface area contributed by atoms with Crippen LogP contribution in [0.3, 0.4) is 0 Å². The number of hydrogen-bond donors (Lipinski definition) is 1. The second-order valence-corrected chi connectivity index (χ2v) is 6.24. The van der Waals surface area contributed by atoms with Crippen molar-refractivity contribution in [1.29, 1.82) is 0 Å². The van der Waals surface area contributed by atoms with E-state index in [9.17, 15) is 4.79 Å². The van der Waals surface area contributed by atoms with Gasteiger partial charge in [0.05, 0.1) is 25.3 Å². The summed E-state index contributed by atoms with van der Waals surface area (Å²) in [6.45, 7) is 0. The normalized spacial score (nSPS) is 16.2. The SMILES string of the molecule is COc1ccc2c(c1)CCC[C@@H]2NC(=O)c1ccc(OC)c(Cl)c1. The highest BCUT2D eigenvalue weighted by Crippen LogP contribution is 2.32. The van der Waals surface area contributed by atoms with Crippen molar-refractivity contribution in [3.63, 3.8) is 0 Å². The lowest BCUT2D eigenvalue weighted by Gasteiger charge is -2.27. The van der Waals surface area contributed by atoms with Gasteiger partial charge in [-0.1, -0.05) is 17.7 Å². The van der Waals surface area contributed by atoms with Crippen molar-refractivity contribution in [2.24, 2.45) is 0 Å². The van der Waals surface area contributed by atoms with Crippen LogP contribution in [-0.2, 0) is 6.42 Å². The standard InChI is InChI=1S/C19H20ClNO3/c1-23-14-7-8-15-12(10-14)4-3-5-17(15)21-19(22)13-6-9-18(24-2)16(20)11-13/h6-11,17H,3-5H2,1-2H3,(H,21,22)/t17-/m0/s1. The molecule has 0 saturated carbocycles. The maximum Gasteiger partial charge on any atom is 0.251 e. The van der Waals surface area contributed by atoms with Gasteiger partial charge in [0.25, 0.3) is 5.91 Å². The third-order valence-corrected chi connectivity index (χ3v) is 4.68. The molecule has 0 spiro atoms. The molecule has 4 nitrogen and oxygen atoms in total. The van der Waals surface area contributed by atoms with Crippen molar-refractivity contribution < 1.29 is 14.3 Å². The fourth-order valence-electron chi connectivity index (χ4n) is 3.12. The number of halogens is 1. The number of aryl methyl sites for hydroxylation is 1. The summed E-state index contributed by atoms with van der Waals surface area (Å²) in [5.74, 6) is 1.28. The maximum absolute atomic E-state index is 12.6. The molecule has 24 heavy (non-hydrogen) atoms. The van der Waals surface area contributed by atoms with Crippen LogP contribution in [0.5, 0.6) is 11.5 Å². The Labute approximate surface area is 146 Å². The maximum atomic E-state index is 12.6. The van der Waals surface area contributed by atoms with E-state index in [1.807, 2.05) is 12.1 Å². The molecule has 0 unspecified atom stereocenters. The smallest absolute Gasteiger partial charge is 0.251 e. The molecule has 0 heterocycles. The molecule has 1 aliphatic carbocycles. The van der Waals surface area contributed by atoms with Crippen LogP contribution in [0, 0.1) is 0 Å². The van der Waals surface area contributed by atoms with Crippen LogP contribution in [0.4, 0.5) is 0 Å². The van der Waals surface area contributed by atoms with Crippen LogP contribution >= 0.6 is 11.6 Å². The Morgan fingerprint density at radius 1 is 1.17 bits per heavy atom. The van der Waals surface area contributed by atoms with Crippen LogP contribution in [-0.4, -0.2) is 20.1 Å². The minimum Gasteiger partial charge on any atom is -0.497 e. The van der Waals surface area contributed by atoms with Crippen molar-refractivity contribution in [3.05, 3.63) is 58.1 Å². The average molecular weight is 346 g/mol. The highest BCUT2D eigenvalue weighted by atomic mass is 35.5. The van der Waals surface area contributed by atoms with Gasteiger partial charge in [-0.3, -0.25) is 4.79 Å². The Hall–Kier alpha value is -2.20. The quantitative estimate of drug-likeness (QED) is 0.904. The van der Waals surface area contributed by atoms with Gasteiger partial charge in [-0.25, -0.2) is 0 Å². The lowest BCUT2D eigenvalue weighted by molar-refractivity contribution is 0.0932. The van der Waals surface area contributed by atoms with Gasteiger partial charge in [-0.15, -0.1) is 0 Å². The molecule has 0 aliphatic heterocycles. The zero-order valence-corrected chi connectivity index (χ0v) is 14.5. The molecule has 1 amide bonds. The molecular formula is C19H20ClNO3. The molecule has 1 aliphatic rings. The third kappa shape index (κ3) is 3.34. The van der Waals surface area contributed by atoms with E-state index in [1.165, 1.54) is 5.56 Å². The first-order valence-corrected chi connectivity index (χ1v) is 8.31. The summed E-state index contributed by atoms with van der Waals surface area (Å²) in [6, 6.07) is 11.1. The van der Waals surface area contributed by atoms with Gasteiger partial charge in [-0.05, 0) is 60.7 Å². The minimum absolute atomic E-state index is 0.00744. The highest BCUT2D eigenvalue weighted by Gasteiger charge is 2.23. The lowest BCUT2D eigenvalue weighted by atomic mass is 9.87. The summed E-state index contributed by atoms with van der Waals surface area (Å²) >= 11 is 6.11. The molecule has 0 aromatic heterocycles. The number of methoxy groups -OCH3 is 2. The highest BCUT2D eigenvalue weighted by molar-refractivity contribution is 6.32. The summed E-state index contributed by atoms with van der Waals surface area (Å²) in [7, 11) is 3.21. The molecule has 1 atom stereocenters. The van der Waals surface area contributed by atoms with Crippen LogP contribution < -0.4 is 14.8 Å². The van der Waals surface area contributed by atoms with E-state index in [-0.39, 0.29) is 11.9 Å². The largest absolute Gasteiger partial charge is 0.497 e. The summed E-state index contributed by atoms with van der Waals surface area (Å²) < 4.78 is 10.4. The van der Waals surface area contributed by atoms with Gasteiger partial charge in [0.2, 0.25) is 0 Å². The molecule has 5 heteroatoms. The predicted molar refractivity (Wildman–Crippen MR) is 94.1 cm³/mol. The molecule has 0 fully saturated rings. The van der Waals surface area contributed by atoms with Gasteiger partial charge in [0.1, 0.15) is 11.5 Å². The van der Waals surface area contributed by atoms with E-state index in [2.05, 4.69) is 11.4 Å². The number of carbonyl (C=O) groups excluding carboxylic acids is 1. The zero-order chi connectivity index (χ0) is 17.1. The summed E-state index contributed by atoms with van der Waals surface area (Å²) in [4.78, 5) is 12.6. The number of ether oxygens (including phenoxy) is 2. The molecule has 126 valence electrons. The fourth-order valence-corrected chi connectivity index (χ4v) is 3.37. The molecule has 0 saturated heterocycles. The molecule has 1 N–H and O–H groups in total. The fraction of sp³-hybridized carbons (Fsp3) is 0.316. The Balaban J connectivity index is 1.80. The molecule has 2 aromatic carbocycles. The van der Waals surface area contributed by atoms with E-state index in [0.717, 1.165) is 30.6 Å². The van der Waals surface area contributed by atoms with Gasteiger partial charge >= 0.3 is 0 Å². The van der Waals surface area contributed by atoms with Gasteiger partial charge in [-0.2, -0.15) is 0 Å². The number of fused-ring (bicyclic) bond motifs is 1. The number of amides is 1. The monoisotopic (exact) mass is 345 g/mol. The summed E-state index contributed by atoms with van der Waals surface area (Å²) in [6.07, 6.45) is 2.97. The van der Waals surface area contributed by atoms with Gasteiger partial charge < -0.3 is 14.8 Å². The third-order valence-electron chi connectivity index (χ3n) is 4.38.